The summed E-state index contributed by atoms with van der Waals surface area (Å²) in [6.45, 7) is 9.26. The van der Waals surface area contributed by atoms with Crippen molar-refractivity contribution in [2.24, 2.45) is 11.8 Å². The van der Waals surface area contributed by atoms with Crippen molar-refractivity contribution < 1.29 is 0 Å². The van der Waals surface area contributed by atoms with Crippen LogP contribution in [-0.2, 0) is 0 Å². The molecule has 0 aromatic rings. The van der Waals surface area contributed by atoms with Gasteiger partial charge in [-0.15, -0.1) is 0 Å². The third-order valence-electron chi connectivity index (χ3n) is 3.25. The summed E-state index contributed by atoms with van der Waals surface area (Å²) in [4.78, 5) is 0. The Hall–Kier alpha value is -0.0400. The molecule has 1 saturated carbocycles. The van der Waals surface area contributed by atoms with Gasteiger partial charge in [-0.3, -0.25) is 0 Å². The van der Waals surface area contributed by atoms with Crippen molar-refractivity contribution >= 4 is 0 Å². The average molecular weight is 169 g/mol. The van der Waals surface area contributed by atoms with E-state index in [-0.39, 0.29) is 0 Å². The quantitative estimate of drug-likeness (QED) is 0.670. The topological polar surface area (TPSA) is 12.0 Å². The van der Waals surface area contributed by atoms with E-state index in [1.54, 1.807) is 0 Å². The first-order valence-electron chi connectivity index (χ1n) is 5.37. The van der Waals surface area contributed by atoms with Crippen LogP contribution in [0.3, 0.4) is 0 Å². The van der Waals surface area contributed by atoms with Gasteiger partial charge in [0, 0.05) is 12.1 Å². The van der Waals surface area contributed by atoms with Crippen LogP contribution in [-0.4, -0.2) is 12.1 Å². The molecule has 0 bridgehead atoms. The molecule has 1 heteroatoms. The van der Waals surface area contributed by atoms with Gasteiger partial charge in [0.2, 0.25) is 0 Å². The molecule has 1 N–H and O–H groups in total. The van der Waals surface area contributed by atoms with Gasteiger partial charge in [-0.25, -0.2) is 0 Å². The van der Waals surface area contributed by atoms with Gasteiger partial charge in [0.1, 0.15) is 0 Å². The van der Waals surface area contributed by atoms with Crippen LogP contribution in [0.4, 0.5) is 0 Å². The molecule has 0 saturated heterocycles. The van der Waals surface area contributed by atoms with Crippen molar-refractivity contribution in [3.63, 3.8) is 0 Å². The molecule has 1 aliphatic rings. The van der Waals surface area contributed by atoms with Crippen LogP contribution in [0.15, 0.2) is 0 Å². The predicted molar refractivity (Wildman–Crippen MR) is 54.2 cm³/mol. The van der Waals surface area contributed by atoms with Crippen LogP contribution in [0.2, 0.25) is 0 Å². The highest BCUT2D eigenvalue weighted by atomic mass is 14.9. The van der Waals surface area contributed by atoms with E-state index in [1.807, 2.05) is 0 Å². The zero-order chi connectivity index (χ0) is 9.14. The minimum Gasteiger partial charge on any atom is -0.312 e. The highest BCUT2D eigenvalue weighted by Gasteiger charge is 2.26. The van der Waals surface area contributed by atoms with Gasteiger partial charge in [-0.2, -0.15) is 0 Å². The Bertz CT molecular complexity index is 131. The molecule has 1 rings (SSSR count). The summed E-state index contributed by atoms with van der Waals surface area (Å²) < 4.78 is 0. The number of rotatable bonds is 2. The lowest BCUT2D eigenvalue weighted by atomic mass is 9.78. The van der Waals surface area contributed by atoms with Gasteiger partial charge in [-0.1, -0.05) is 40.5 Å². The summed E-state index contributed by atoms with van der Waals surface area (Å²) in [5.41, 5.74) is 0. The van der Waals surface area contributed by atoms with Gasteiger partial charge in [0.05, 0.1) is 0 Å². The Morgan fingerprint density at radius 3 is 2.42 bits per heavy atom. The van der Waals surface area contributed by atoms with Crippen LogP contribution in [0.25, 0.3) is 0 Å². The van der Waals surface area contributed by atoms with E-state index in [2.05, 4.69) is 33.0 Å². The molecule has 1 aliphatic carbocycles. The molecule has 0 aliphatic heterocycles. The van der Waals surface area contributed by atoms with Gasteiger partial charge >= 0.3 is 0 Å². The molecule has 0 radical (unpaired) electrons. The number of hydrogen-bond acceptors (Lipinski definition) is 1. The standard InChI is InChI=1S/C11H23N/c1-8(2)12-11-7-5-6-9(3)10(11)4/h8-12H,5-7H2,1-4H3/t9-,10-,11-/m1/s1. The minimum atomic E-state index is 0.641. The first-order valence-corrected chi connectivity index (χ1v) is 5.37. The van der Waals surface area contributed by atoms with Gasteiger partial charge in [0.25, 0.3) is 0 Å². The monoisotopic (exact) mass is 169 g/mol. The maximum absolute atomic E-state index is 3.66. The van der Waals surface area contributed by atoms with Gasteiger partial charge in [0.15, 0.2) is 0 Å². The zero-order valence-corrected chi connectivity index (χ0v) is 8.93. The van der Waals surface area contributed by atoms with Crippen LogP contribution < -0.4 is 5.32 Å². The fourth-order valence-electron chi connectivity index (χ4n) is 2.25. The SMILES string of the molecule is CC(C)N[C@@H]1CCC[C@@H](C)[C@H]1C. The van der Waals surface area contributed by atoms with Crippen LogP contribution in [0.5, 0.6) is 0 Å². The Morgan fingerprint density at radius 2 is 1.83 bits per heavy atom. The van der Waals surface area contributed by atoms with Crippen LogP contribution in [0.1, 0.15) is 47.0 Å². The van der Waals surface area contributed by atoms with E-state index >= 15 is 0 Å². The smallest absolute Gasteiger partial charge is 0.00975 e. The van der Waals surface area contributed by atoms with Crippen molar-refractivity contribution in [1.29, 1.82) is 0 Å². The fraction of sp³-hybridized carbons (Fsp3) is 1.00. The van der Waals surface area contributed by atoms with Crippen molar-refractivity contribution in [3.05, 3.63) is 0 Å². The third kappa shape index (κ3) is 2.48. The Kier molecular flexibility index (Phi) is 3.57. The van der Waals surface area contributed by atoms with Crippen molar-refractivity contribution in [2.75, 3.05) is 0 Å². The van der Waals surface area contributed by atoms with Crippen LogP contribution >= 0.6 is 0 Å². The molecule has 0 aromatic heterocycles. The molecular weight excluding hydrogens is 146 g/mol. The fourth-order valence-corrected chi connectivity index (χ4v) is 2.25. The summed E-state index contributed by atoms with van der Waals surface area (Å²) >= 11 is 0. The van der Waals surface area contributed by atoms with E-state index in [9.17, 15) is 0 Å². The maximum atomic E-state index is 3.66. The van der Waals surface area contributed by atoms with E-state index < -0.39 is 0 Å². The summed E-state index contributed by atoms with van der Waals surface area (Å²) in [7, 11) is 0. The lowest BCUT2D eigenvalue weighted by molar-refractivity contribution is 0.198. The highest BCUT2D eigenvalue weighted by Crippen LogP contribution is 2.29. The van der Waals surface area contributed by atoms with Crippen LogP contribution in [0, 0.1) is 11.8 Å². The Labute approximate surface area is 76.9 Å². The summed E-state index contributed by atoms with van der Waals surface area (Å²) in [6.07, 6.45) is 4.22. The van der Waals surface area contributed by atoms with Crippen molar-refractivity contribution in [3.8, 4) is 0 Å². The zero-order valence-electron chi connectivity index (χ0n) is 8.93. The van der Waals surface area contributed by atoms with E-state index in [0.717, 1.165) is 17.9 Å². The number of hydrogen-bond donors (Lipinski definition) is 1. The molecule has 3 atom stereocenters. The molecule has 12 heavy (non-hydrogen) atoms. The average Bonchev–Trinajstić information content (AvgIpc) is 1.98. The third-order valence-corrected chi connectivity index (χ3v) is 3.25. The second kappa shape index (κ2) is 4.27. The molecule has 0 unspecified atom stereocenters. The number of nitrogens with one attached hydrogen (secondary N) is 1. The van der Waals surface area contributed by atoms with E-state index in [0.29, 0.717) is 6.04 Å². The second-order valence-corrected chi connectivity index (χ2v) is 4.70. The summed E-state index contributed by atoms with van der Waals surface area (Å²) in [5.74, 6) is 1.77. The molecular formula is C11H23N. The lowest BCUT2D eigenvalue weighted by Gasteiger charge is -2.35. The van der Waals surface area contributed by atoms with E-state index in [4.69, 9.17) is 0 Å². The second-order valence-electron chi connectivity index (χ2n) is 4.70. The predicted octanol–water partition coefficient (Wildman–Crippen LogP) is 2.81. The minimum absolute atomic E-state index is 0.641. The molecule has 1 nitrogen and oxygen atoms in total. The molecule has 1 fully saturated rings. The highest BCUT2D eigenvalue weighted by molar-refractivity contribution is 4.82. The summed E-state index contributed by atoms with van der Waals surface area (Å²) in [5, 5.41) is 3.66. The van der Waals surface area contributed by atoms with Crippen molar-refractivity contribution in [1.82, 2.24) is 5.32 Å². The lowest BCUT2D eigenvalue weighted by Crippen LogP contribution is -2.43. The first-order chi connectivity index (χ1) is 5.61. The van der Waals surface area contributed by atoms with Gasteiger partial charge in [-0.05, 0) is 18.3 Å². The first kappa shape index (κ1) is 10.0. The van der Waals surface area contributed by atoms with E-state index in [1.165, 1.54) is 19.3 Å². The van der Waals surface area contributed by atoms with Crippen molar-refractivity contribution in [2.45, 2.75) is 59.0 Å². The molecule has 0 aromatic carbocycles. The molecule has 72 valence electrons. The summed E-state index contributed by atoms with van der Waals surface area (Å²) in [6, 6.07) is 1.41. The maximum Gasteiger partial charge on any atom is 0.00975 e. The molecule has 0 heterocycles. The Balaban J connectivity index is 2.41. The molecule has 0 spiro atoms. The normalized spacial score (nSPS) is 37.2. The molecule has 0 amide bonds. The Morgan fingerprint density at radius 1 is 1.17 bits per heavy atom. The largest absolute Gasteiger partial charge is 0.312 e. The van der Waals surface area contributed by atoms with Gasteiger partial charge < -0.3 is 5.32 Å².